The number of aliphatic hydroxyl groups is 1. The van der Waals surface area contributed by atoms with Crippen molar-refractivity contribution in [1.82, 2.24) is 0 Å². The lowest BCUT2D eigenvalue weighted by Crippen LogP contribution is -2.69. The standard InChI is InChI=1S/C23H34F6O3/c1-4-20(2,3)19(30)32-18-15-11-7-5-9-13(15)17(14-10-6-8-12-16(14)18)21(31,22(24,25)26)23(27,28)29/h13-18,31H,4-12H2,1-3H3. The molecule has 0 saturated heterocycles. The van der Waals surface area contributed by atoms with Gasteiger partial charge in [0.05, 0.1) is 5.41 Å². The predicted octanol–water partition coefficient (Wildman–Crippen LogP) is 6.43. The lowest BCUT2D eigenvalue weighted by Gasteiger charge is -2.58. The quantitative estimate of drug-likeness (QED) is 0.379. The summed E-state index contributed by atoms with van der Waals surface area (Å²) in [6, 6.07) is 0. The average Bonchev–Trinajstić information content (AvgIpc) is 2.71. The Balaban J connectivity index is 2.08. The first kappa shape index (κ1) is 25.6. The number of hydrogen-bond acceptors (Lipinski definition) is 3. The van der Waals surface area contributed by atoms with Crippen LogP contribution in [0.3, 0.4) is 0 Å². The van der Waals surface area contributed by atoms with Crippen LogP contribution < -0.4 is 0 Å². The third kappa shape index (κ3) is 4.16. The predicted molar refractivity (Wildman–Crippen MR) is 105 cm³/mol. The fourth-order valence-corrected chi connectivity index (χ4v) is 6.48. The van der Waals surface area contributed by atoms with Crippen molar-refractivity contribution in [3.63, 3.8) is 0 Å². The number of halogens is 6. The lowest BCUT2D eigenvalue weighted by molar-refractivity contribution is -0.403. The molecule has 4 atom stereocenters. The van der Waals surface area contributed by atoms with Gasteiger partial charge in [0, 0.05) is 5.92 Å². The van der Waals surface area contributed by atoms with Crippen LogP contribution in [-0.2, 0) is 9.53 Å². The SMILES string of the molecule is CCC(C)(C)C(=O)OC1C2CCCCC2C(C(O)(C(F)(F)F)C(F)(F)F)C2CCCCC21. The van der Waals surface area contributed by atoms with Gasteiger partial charge >= 0.3 is 18.3 Å². The van der Waals surface area contributed by atoms with Gasteiger partial charge in [-0.3, -0.25) is 4.79 Å². The average molecular weight is 473 g/mol. The minimum atomic E-state index is -5.84. The van der Waals surface area contributed by atoms with Gasteiger partial charge < -0.3 is 9.84 Å². The van der Waals surface area contributed by atoms with Crippen molar-refractivity contribution < 1.29 is 41.0 Å². The third-order valence-electron chi connectivity index (χ3n) is 8.54. The zero-order valence-corrected chi connectivity index (χ0v) is 18.9. The van der Waals surface area contributed by atoms with Gasteiger partial charge in [-0.1, -0.05) is 32.6 Å². The summed E-state index contributed by atoms with van der Waals surface area (Å²) in [5.41, 5.74) is -5.55. The lowest BCUT2D eigenvalue weighted by atomic mass is 9.50. The molecule has 3 saturated carbocycles. The zero-order valence-electron chi connectivity index (χ0n) is 18.9. The van der Waals surface area contributed by atoms with Gasteiger partial charge in [0.15, 0.2) is 0 Å². The Kier molecular flexibility index (Phi) is 6.93. The highest BCUT2D eigenvalue weighted by Crippen LogP contribution is 2.62. The van der Waals surface area contributed by atoms with E-state index in [2.05, 4.69) is 0 Å². The number of esters is 1. The molecular formula is C23H34F6O3. The van der Waals surface area contributed by atoms with Gasteiger partial charge in [0.2, 0.25) is 0 Å². The minimum absolute atomic E-state index is 0.165. The van der Waals surface area contributed by atoms with Gasteiger partial charge in [-0.05, 0) is 69.6 Å². The number of fused-ring (bicyclic) bond motifs is 2. The van der Waals surface area contributed by atoms with Gasteiger partial charge in [0.25, 0.3) is 5.60 Å². The minimum Gasteiger partial charge on any atom is -0.461 e. The molecule has 0 amide bonds. The van der Waals surface area contributed by atoms with Gasteiger partial charge in [-0.15, -0.1) is 0 Å². The molecular weight excluding hydrogens is 438 g/mol. The first-order valence-corrected chi connectivity index (χ1v) is 11.7. The molecule has 4 unspecified atom stereocenters. The summed E-state index contributed by atoms with van der Waals surface area (Å²) in [6.45, 7) is 5.28. The van der Waals surface area contributed by atoms with E-state index in [0.29, 0.717) is 44.9 Å². The molecule has 0 radical (unpaired) electrons. The Morgan fingerprint density at radius 3 is 1.53 bits per heavy atom. The normalized spacial score (nSPS) is 34.4. The molecule has 3 fully saturated rings. The number of rotatable bonds is 4. The van der Waals surface area contributed by atoms with Crippen molar-refractivity contribution in [1.29, 1.82) is 0 Å². The third-order valence-corrected chi connectivity index (χ3v) is 8.54. The van der Waals surface area contributed by atoms with Gasteiger partial charge in [-0.25, -0.2) is 0 Å². The fraction of sp³-hybridized carbons (Fsp3) is 0.957. The maximum Gasteiger partial charge on any atom is 0.426 e. The molecule has 0 aliphatic heterocycles. The topological polar surface area (TPSA) is 46.5 Å². The van der Waals surface area contributed by atoms with Crippen LogP contribution in [0.4, 0.5) is 26.3 Å². The van der Waals surface area contributed by atoms with Crippen molar-refractivity contribution >= 4 is 5.97 Å². The van der Waals surface area contributed by atoms with Crippen LogP contribution >= 0.6 is 0 Å². The highest BCUT2D eigenvalue weighted by molar-refractivity contribution is 5.76. The molecule has 0 aromatic carbocycles. The molecule has 186 valence electrons. The van der Waals surface area contributed by atoms with E-state index >= 15 is 0 Å². The second-order valence-electron chi connectivity index (χ2n) is 10.6. The van der Waals surface area contributed by atoms with Crippen molar-refractivity contribution in [2.75, 3.05) is 0 Å². The fourth-order valence-electron chi connectivity index (χ4n) is 6.48. The van der Waals surface area contributed by atoms with E-state index in [1.165, 1.54) is 0 Å². The van der Waals surface area contributed by atoms with Crippen LogP contribution in [0.25, 0.3) is 0 Å². The van der Waals surface area contributed by atoms with Crippen molar-refractivity contribution in [2.24, 2.45) is 35.0 Å². The molecule has 3 rings (SSSR count). The molecule has 0 spiro atoms. The van der Waals surface area contributed by atoms with E-state index in [1.807, 2.05) is 6.92 Å². The van der Waals surface area contributed by atoms with E-state index in [0.717, 1.165) is 0 Å². The Hall–Kier alpha value is -0.990. The molecule has 3 aliphatic carbocycles. The first-order chi connectivity index (χ1) is 14.7. The van der Waals surface area contributed by atoms with E-state index in [1.54, 1.807) is 13.8 Å². The smallest absolute Gasteiger partial charge is 0.426 e. The number of alkyl halides is 6. The number of ether oxygens (including phenoxy) is 1. The maximum absolute atomic E-state index is 14.0. The van der Waals surface area contributed by atoms with Crippen molar-refractivity contribution in [2.45, 2.75) is 103 Å². The van der Waals surface area contributed by atoms with Gasteiger partial charge in [0.1, 0.15) is 6.10 Å². The van der Waals surface area contributed by atoms with Crippen LogP contribution in [-0.4, -0.2) is 35.1 Å². The summed E-state index contributed by atoms with van der Waals surface area (Å²) in [5, 5.41) is 10.5. The summed E-state index contributed by atoms with van der Waals surface area (Å²) < 4.78 is 89.7. The summed E-state index contributed by atoms with van der Waals surface area (Å²) in [5.74, 6) is -5.66. The Morgan fingerprint density at radius 1 is 0.812 bits per heavy atom. The molecule has 3 nitrogen and oxygen atoms in total. The molecule has 0 aromatic heterocycles. The van der Waals surface area contributed by atoms with Crippen LogP contribution in [0, 0.1) is 35.0 Å². The highest BCUT2D eigenvalue weighted by atomic mass is 19.4. The number of carbonyl (C=O) groups excluding carboxylic acids is 1. The summed E-state index contributed by atoms with van der Waals surface area (Å²) in [6.07, 6.45) is -8.42. The molecule has 0 aromatic rings. The van der Waals surface area contributed by atoms with Crippen LogP contribution in [0.2, 0.25) is 0 Å². The molecule has 9 heteroatoms. The summed E-state index contributed by atoms with van der Waals surface area (Å²) in [7, 11) is 0. The number of hydrogen-bond donors (Lipinski definition) is 1. The van der Waals surface area contributed by atoms with Crippen LogP contribution in [0.1, 0.15) is 78.6 Å². The van der Waals surface area contributed by atoms with Crippen molar-refractivity contribution in [3.05, 3.63) is 0 Å². The van der Waals surface area contributed by atoms with E-state index in [4.69, 9.17) is 4.74 Å². The summed E-state index contributed by atoms with van der Waals surface area (Å²) >= 11 is 0. The van der Waals surface area contributed by atoms with E-state index in [9.17, 15) is 36.2 Å². The Labute approximate surface area is 185 Å². The molecule has 32 heavy (non-hydrogen) atoms. The second-order valence-corrected chi connectivity index (χ2v) is 10.6. The Morgan fingerprint density at radius 2 is 1.19 bits per heavy atom. The van der Waals surface area contributed by atoms with Crippen molar-refractivity contribution in [3.8, 4) is 0 Å². The second kappa shape index (κ2) is 8.66. The monoisotopic (exact) mass is 472 g/mol. The maximum atomic E-state index is 14.0. The first-order valence-electron chi connectivity index (χ1n) is 11.7. The van der Waals surface area contributed by atoms with E-state index < -0.39 is 65.0 Å². The van der Waals surface area contributed by atoms with Crippen LogP contribution in [0.5, 0.6) is 0 Å². The molecule has 0 bridgehead atoms. The summed E-state index contributed by atoms with van der Waals surface area (Å²) in [4.78, 5) is 12.9. The molecule has 1 N–H and O–H groups in total. The highest BCUT2D eigenvalue weighted by Gasteiger charge is 2.77. The zero-order chi connectivity index (χ0) is 24.1. The van der Waals surface area contributed by atoms with Gasteiger partial charge in [-0.2, -0.15) is 26.3 Å². The Bertz CT molecular complexity index is 648. The van der Waals surface area contributed by atoms with E-state index in [-0.39, 0.29) is 12.8 Å². The number of carbonyl (C=O) groups is 1. The molecule has 3 aliphatic rings. The largest absolute Gasteiger partial charge is 0.461 e. The van der Waals surface area contributed by atoms with Crippen LogP contribution in [0.15, 0.2) is 0 Å². The molecule has 0 heterocycles.